The highest BCUT2D eigenvalue weighted by Crippen LogP contribution is 2.30. The molecule has 4 aromatic rings. The van der Waals surface area contributed by atoms with Crippen molar-refractivity contribution in [2.24, 2.45) is 0 Å². The van der Waals surface area contributed by atoms with Crippen LogP contribution in [0.25, 0.3) is 0 Å². The summed E-state index contributed by atoms with van der Waals surface area (Å²) < 4.78 is 22.5. The molecule has 0 aliphatic carbocycles. The lowest BCUT2D eigenvalue weighted by Crippen LogP contribution is -2.38. The Morgan fingerprint density at radius 3 is 2.23 bits per heavy atom. The smallest absolute Gasteiger partial charge is 0.347 e. The third-order valence-electron chi connectivity index (χ3n) is 6.12. The Morgan fingerprint density at radius 2 is 1.57 bits per heavy atom. The molecule has 0 saturated carbocycles. The number of benzene rings is 3. The first-order valence-electron chi connectivity index (χ1n) is 12.7. The normalized spacial score (nSPS) is 11.0. The van der Waals surface area contributed by atoms with Gasteiger partial charge in [-0.05, 0) is 55.3 Å². The van der Waals surface area contributed by atoms with Crippen LogP contribution >= 0.6 is 0 Å². The fraction of sp³-hybridized carbons (Fsp3) is 0.219. The number of carbonyl (C=O) groups excluding carboxylic acids is 1. The largest absolute Gasteiger partial charge is 0.497 e. The van der Waals surface area contributed by atoms with Crippen molar-refractivity contribution in [1.82, 2.24) is 4.98 Å². The molecule has 4 rings (SSSR count). The Morgan fingerprint density at radius 1 is 0.850 bits per heavy atom. The van der Waals surface area contributed by atoms with Crippen LogP contribution in [0.2, 0.25) is 0 Å². The summed E-state index contributed by atoms with van der Waals surface area (Å²) in [6.07, 6.45) is 2.10. The second-order valence-corrected chi connectivity index (χ2v) is 9.51. The standard InChI is InChI=1S/C32H31NO7/c1-32(2,31(35)36)40-28-19-26(37-3)14-15-27(28)30(34)24-11-16-29(33-20-24)38-18-17-22-9-12-25(13-10-22)39-21-23-7-5-4-6-8-23/h4-16,19-20H,17-18,21H2,1-3H3,(H,35,36). The highest BCUT2D eigenvalue weighted by Gasteiger charge is 2.31. The van der Waals surface area contributed by atoms with Crippen molar-refractivity contribution in [3.8, 4) is 23.1 Å². The summed E-state index contributed by atoms with van der Waals surface area (Å²) in [5.41, 5.74) is 1.16. The Balaban J connectivity index is 1.33. The van der Waals surface area contributed by atoms with E-state index in [9.17, 15) is 14.7 Å². The minimum atomic E-state index is -1.55. The van der Waals surface area contributed by atoms with Crippen molar-refractivity contribution < 1.29 is 33.6 Å². The summed E-state index contributed by atoms with van der Waals surface area (Å²) in [7, 11) is 1.47. The number of carboxylic acid groups (broad SMARTS) is 1. The summed E-state index contributed by atoms with van der Waals surface area (Å²) in [5.74, 6) is 0.194. The van der Waals surface area contributed by atoms with Crippen LogP contribution in [0.1, 0.15) is 40.9 Å². The van der Waals surface area contributed by atoms with Gasteiger partial charge in [-0.25, -0.2) is 9.78 Å². The van der Waals surface area contributed by atoms with E-state index in [0.29, 0.717) is 36.8 Å². The molecule has 0 aliphatic rings. The van der Waals surface area contributed by atoms with E-state index in [-0.39, 0.29) is 17.1 Å². The molecule has 1 heterocycles. The summed E-state index contributed by atoms with van der Waals surface area (Å²) in [5, 5.41) is 9.45. The Hall–Kier alpha value is -4.85. The number of nitrogens with zero attached hydrogens (tertiary/aromatic N) is 1. The van der Waals surface area contributed by atoms with Crippen molar-refractivity contribution in [3.63, 3.8) is 0 Å². The van der Waals surface area contributed by atoms with Gasteiger partial charge in [0.2, 0.25) is 5.88 Å². The molecule has 8 nitrogen and oxygen atoms in total. The van der Waals surface area contributed by atoms with Gasteiger partial charge in [0.1, 0.15) is 23.9 Å². The SMILES string of the molecule is COc1ccc(C(=O)c2ccc(OCCc3ccc(OCc4ccccc4)cc3)nc2)c(OC(C)(C)C(=O)O)c1. The zero-order valence-corrected chi connectivity index (χ0v) is 22.6. The molecule has 206 valence electrons. The number of methoxy groups -OCH3 is 1. The number of hydrogen-bond donors (Lipinski definition) is 1. The minimum Gasteiger partial charge on any atom is -0.497 e. The van der Waals surface area contributed by atoms with E-state index in [1.165, 1.54) is 39.3 Å². The van der Waals surface area contributed by atoms with Gasteiger partial charge in [-0.3, -0.25) is 4.79 Å². The van der Waals surface area contributed by atoms with Crippen LogP contribution in [0.5, 0.6) is 23.1 Å². The van der Waals surface area contributed by atoms with Crippen LogP contribution in [-0.4, -0.2) is 41.2 Å². The maximum atomic E-state index is 13.2. The van der Waals surface area contributed by atoms with Crippen molar-refractivity contribution in [2.45, 2.75) is 32.5 Å². The fourth-order valence-corrected chi connectivity index (χ4v) is 3.74. The Labute approximate surface area is 233 Å². The molecular weight excluding hydrogens is 510 g/mol. The van der Waals surface area contributed by atoms with Gasteiger partial charge >= 0.3 is 5.97 Å². The van der Waals surface area contributed by atoms with E-state index in [0.717, 1.165) is 16.9 Å². The van der Waals surface area contributed by atoms with Crippen molar-refractivity contribution in [1.29, 1.82) is 0 Å². The van der Waals surface area contributed by atoms with Gasteiger partial charge in [0, 0.05) is 30.3 Å². The molecule has 8 heteroatoms. The predicted molar refractivity (Wildman–Crippen MR) is 149 cm³/mol. The molecule has 3 aromatic carbocycles. The number of ether oxygens (including phenoxy) is 4. The Kier molecular flexibility index (Phi) is 9.01. The van der Waals surface area contributed by atoms with Crippen LogP contribution in [0.15, 0.2) is 91.1 Å². The van der Waals surface area contributed by atoms with Gasteiger partial charge in [-0.2, -0.15) is 0 Å². The van der Waals surface area contributed by atoms with Crippen LogP contribution < -0.4 is 18.9 Å². The third kappa shape index (κ3) is 7.38. The maximum Gasteiger partial charge on any atom is 0.347 e. The number of ketones is 1. The first-order chi connectivity index (χ1) is 19.2. The van der Waals surface area contributed by atoms with E-state index >= 15 is 0 Å². The van der Waals surface area contributed by atoms with Crippen molar-refractivity contribution in [2.75, 3.05) is 13.7 Å². The van der Waals surface area contributed by atoms with Gasteiger partial charge in [0.25, 0.3) is 0 Å². The molecule has 0 fully saturated rings. The van der Waals surface area contributed by atoms with Gasteiger partial charge in [0.05, 0.1) is 19.3 Å². The topological polar surface area (TPSA) is 104 Å². The van der Waals surface area contributed by atoms with Gasteiger partial charge < -0.3 is 24.1 Å². The number of aliphatic carboxylic acids is 1. The van der Waals surface area contributed by atoms with Crippen LogP contribution in [0.3, 0.4) is 0 Å². The molecule has 0 amide bonds. The summed E-state index contributed by atoms with van der Waals surface area (Å²) in [6, 6.07) is 25.7. The van der Waals surface area contributed by atoms with Crippen LogP contribution in [-0.2, 0) is 17.8 Å². The first kappa shape index (κ1) is 28.2. The molecule has 0 saturated heterocycles. The minimum absolute atomic E-state index is 0.105. The van der Waals surface area contributed by atoms with Crippen LogP contribution in [0, 0.1) is 0 Å². The lowest BCUT2D eigenvalue weighted by molar-refractivity contribution is -0.152. The summed E-state index contributed by atoms with van der Waals surface area (Å²) >= 11 is 0. The first-order valence-corrected chi connectivity index (χ1v) is 12.7. The van der Waals surface area contributed by atoms with Crippen LogP contribution in [0.4, 0.5) is 0 Å². The number of rotatable bonds is 13. The molecular formula is C32H31NO7. The number of hydrogen-bond acceptors (Lipinski definition) is 7. The molecule has 0 atom stereocenters. The lowest BCUT2D eigenvalue weighted by Gasteiger charge is -2.23. The predicted octanol–water partition coefficient (Wildman–Crippen LogP) is 5.76. The zero-order valence-electron chi connectivity index (χ0n) is 22.6. The highest BCUT2D eigenvalue weighted by molar-refractivity contribution is 6.10. The average molecular weight is 542 g/mol. The number of pyridine rings is 1. The molecule has 40 heavy (non-hydrogen) atoms. The monoisotopic (exact) mass is 541 g/mol. The van der Waals surface area contributed by atoms with E-state index in [1.54, 1.807) is 18.2 Å². The maximum absolute atomic E-state index is 13.2. The van der Waals surface area contributed by atoms with Gasteiger partial charge in [-0.1, -0.05) is 42.5 Å². The van der Waals surface area contributed by atoms with Crippen molar-refractivity contribution >= 4 is 11.8 Å². The molecule has 0 spiro atoms. The van der Waals surface area contributed by atoms with Gasteiger partial charge in [-0.15, -0.1) is 0 Å². The van der Waals surface area contributed by atoms with E-state index < -0.39 is 11.6 Å². The van der Waals surface area contributed by atoms with Gasteiger partial charge in [0.15, 0.2) is 11.4 Å². The zero-order chi connectivity index (χ0) is 28.5. The quantitative estimate of drug-likeness (QED) is 0.213. The molecule has 1 aromatic heterocycles. The molecule has 0 bridgehead atoms. The molecule has 0 aliphatic heterocycles. The third-order valence-corrected chi connectivity index (χ3v) is 6.12. The summed E-state index contributed by atoms with van der Waals surface area (Å²) in [4.78, 5) is 29.1. The average Bonchev–Trinajstić information content (AvgIpc) is 2.97. The fourth-order valence-electron chi connectivity index (χ4n) is 3.74. The number of carbonyl (C=O) groups is 2. The van der Waals surface area contributed by atoms with E-state index in [1.807, 2.05) is 54.6 Å². The molecule has 0 unspecified atom stereocenters. The second-order valence-electron chi connectivity index (χ2n) is 9.51. The molecule has 0 radical (unpaired) electrons. The van der Waals surface area contributed by atoms with E-state index in [2.05, 4.69) is 4.98 Å². The van der Waals surface area contributed by atoms with Crippen molar-refractivity contribution in [3.05, 3.63) is 113 Å². The summed E-state index contributed by atoms with van der Waals surface area (Å²) in [6.45, 7) is 3.74. The Bertz CT molecular complexity index is 1430. The molecule has 1 N–H and O–H groups in total. The van der Waals surface area contributed by atoms with E-state index in [4.69, 9.17) is 18.9 Å². The number of carboxylic acids is 1. The lowest BCUT2D eigenvalue weighted by atomic mass is 10.0. The highest BCUT2D eigenvalue weighted by atomic mass is 16.5. The number of aromatic nitrogens is 1. The second kappa shape index (κ2) is 12.8.